The molecule has 1 fully saturated rings. The van der Waals surface area contributed by atoms with Gasteiger partial charge in [0, 0.05) is 25.4 Å². The zero-order valence-corrected chi connectivity index (χ0v) is 21.6. The van der Waals surface area contributed by atoms with Gasteiger partial charge in [-0.15, -0.1) is 0 Å². The Labute approximate surface area is 214 Å². The van der Waals surface area contributed by atoms with E-state index in [4.69, 9.17) is 0 Å². The summed E-state index contributed by atoms with van der Waals surface area (Å²) in [6.07, 6.45) is 1.17. The van der Waals surface area contributed by atoms with Crippen LogP contribution in [0.1, 0.15) is 23.1 Å². The van der Waals surface area contributed by atoms with Gasteiger partial charge in [0.25, 0.3) is 0 Å². The topological polar surface area (TPSA) is 57.7 Å². The summed E-state index contributed by atoms with van der Waals surface area (Å²) in [5, 5.41) is -0.862. The number of benzene rings is 3. The number of nitrogens with zero attached hydrogens (tertiary/aromatic N) is 2. The summed E-state index contributed by atoms with van der Waals surface area (Å²) in [5.41, 5.74) is 2.93. The van der Waals surface area contributed by atoms with Crippen molar-refractivity contribution in [2.45, 2.75) is 42.3 Å². The lowest BCUT2D eigenvalue weighted by Crippen LogP contribution is -2.49. The average molecular weight is 509 g/mol. The molecule has 1 amide bonds. The molecule has 0 bridgehead atoms. The Kier molecular flexibility index (Phi) is 8.31. The molecule has 0 aromatic heterocycles. The fourth-order valence-electron chi connectivity index (χ4n) is 4.71. The normalized spacial score (nSPS) is 18.6. The lowest BCUT2D eigenvalue weighted by molar-refractivity contribution is -0.133. The highest BCUT2D eigenvalue weighted by atomic mass is 32.2. The molecule has 0 spiro atoms. The van der Waals surface area contributed by atoms with Crippen LogP contribution < -0.4 is 0 Å². The van der Waals surface area contributed by atoms with E-state index in [1.165, 1.54) is 4.31 Å². The van der Waals surface area contributed by atoms with E-state index in [2.05, 4.69) is 12.6 Å². The van der Waals surface area contributed by atoms with Crippen LogP contribution in [-0.2, 0) is 34.2 Å². The van der Waals surface area contributed by atoms with Crippen molar-refractivity contribution in [1.29, 1.82) is 0 Å². The van der Waals surface area contributed by atoms with Crippen LogP contribution in [0.3, 0.4) is 0 Å². The van der Waals surface area contributed by atoms with Crippen LogP contribution in [0.4, 0.5) is 0 Å². The first kappa shape index (κ1) is 25.5. The lowest BCUT2D eigenvalue weighted by Gasteiger charge is -2.31. The van der Waals surface area contributed by atoms with E-state index < -0.39 is 21.3 Å². The summed E-state index contributed by atoms with van der Waals surface area (Å²) >= 11 is 4.60. The van der Waals surface area contributed by atoms with Crippen molar-refractivity contribution in [3.05, 3.63) is 108 Å². The van der Waals surface area contributed by atoms with Gasteiger partial charge in [0.05, 0.1) is 5.25 Å². The van der Waals surface area contributed by atoms with Crippen molar-refractivity contribution in [2.75, 3.05) is 13.6 Å². The van der Waals surface area contributed by atoms with Crippen molar-refractivity contribution < 1.29 is 13.2 Å². The fourth-order valence-corrected chi connectivity index (χ4v) is 7.30. The summed E-state index contributed by atoms with van der Waals surface area (Å²) in [6.45, 7) is 0.667. The molecule has 1 saturated heterocycles. The molecule has 1 heterocycles. The second-order valence-corrected chi connectivity index (χ2v) is 12.1. The van der Waals surface area contributed by atoms with Crippen LogP contribution in [0, 0.1) is 0 Å². The molecule has 4 rings (SSSR count). The maximum atomic E-state index is 14.1. The van der Waals surface area contributed by atoms with Gasteiger partial charge in [-0.2, -0.15) is 16.9 Å². The molecular weight excluding hydrogens is 476 g/mol. The quantitative estimate of drug-likeness (QED) is 0.441. The zero-order chi connectivity index (χ0) is 24.8. The van der Waals surface area contributed by atoms with Gasteiger partial charge in [-0.1, -0.05) is 91.0 Å². The highest BCUT2D eigenvalue weighted by Gasteiger charge is 2.46. The molecule has 2 atom stereocenters. The van der Waals surface area contributed by atoms with E-state index in [1.807, 2.05) is 91.0 Å². The third-order valence-corrected chi connectivity index (χ3v) is 9.13. The van der Waals surface area contributed by atoms with Crippen molar-refractivity contribution >= 4 is 28.6 Å². The minimum atomic E-state index is -3.79. The Morgan fingerprint density at radius 1 is 0.886 bits per heavy atom. The van der Waals surface area contributed by atoms with E-state index in [-0.39, 0.29) is 17.7 Å². The number of carbonyl (C=O) groups excluding carboxylic acids is 1. The number of hydrogen-bond donors (Lipinski definition) is 1. The van der Waals surface area contributed by atoms with Gasteiger partial charge in [0.15, 0.2) is 0 Å². The molecule has 0 radical (unpaired) electrons. The zero-order valence-electron chi connectivity index (χ0n) is 19.9. The first-order chi connectivity index (χ1) is 16.8. The standard InChI is InChI=1S/C28H32N2O3S2/c1-29(20-24-15-9-4-10-16-24)28(31)27-19-25(34)21-30(27)35(32,33)26(17-22-11-5-2-6-12-22)18-23-13-7-3-8-14-23/h2-16,25-27,34H,17-21H2,1H3/t25-,27+/m1/s1. The van der Waals surface area contributed by atoms with Gasteiger partial charge in [-0.05, 0) is 36.0 Å². The van der Waals surface area contributed by atoms with Gasteiger partial charge in [-0.25, -0.2) is 8.42 Å². The molecule has 1 aliphatic heterocycles. The van der Waals surface area contributed by atoms with Gasteiger partial charge in [-0.3, -0.25) is 4.79 Å². The van der Waals surface area contributed by atoms with Crippen LogP contribution in [-0.4, -0.2) is 53.7 Å². The van der Waals surface area contributed by atoms with Crippen molar-refractivity contribution in [1.82, 2.24) is 9.21 Å². The molecule has 0 N–H and O–H groups in total. The van der Waals surface area contributed by atoms with E-state index in [0.29, 0.717) is 25.8 Å². The molecule has 0 unspecified atom stereocenters. The Hall–Kier alpha value is -2.61. The van der Waals surface area contributed by atoms with Gasteiger partial charge in [0.1, 0.15) is 6.04 Å². The maximum Gasteiger partial charge on any atom is 0.241 e. The van der Waals surface area contributed by atoms with Crippen LogP contribution in [0.2, 0.25) is 0 Å². The molecule has 0 aliphatic carbocycles. The minimum absolute atomic E-state index is 0.182. The summed E-state index contributed by atoms with van der Waals surface area (Å²) in [5.74, 6) is -0.188. The number of thiol groups is 1. The first-order valence-corrected chi connectivity index (χ1v) is 13.9. The summed E-state index contributed by atoms with van der Waals surface area (Å²) in [4.78, 5) is 15.1. The average Bonchev–Trinajstić information content (AvgIpc) is 3.27. The second kappa shape index (κ2) is 11.4. The van der Waals surface area contributed by atoms with Crippen molar-refractivity contribution in [3.63, 3.8) is 0 Å². The molecule has 7 heteroatoms. The predicted molar refractivity (Wildman–Crippen MR) is 144 cm³/mol. The van der Waals surface area contributed by atoms with E-state index in [1.54, 1.807) is 11.9 Å². The first-order valence-electron chi connectivity index (χ1n) is 11.9. The molecule has 5 nitrogen and oxygen atoms in total. The number of amides is 1. The number of likely N-dealkylation sites (N-methyl/N-ethyl adjacent to an activating group) is 1. The predicted octanol–water partition coefficient (Wildman–Crippen LogP) is 4.20. The van der Waals surface area contributed by atoms with Crippen molar-refractivity contribution in [2.24, 2.45) is 0 Å². The smallest absolute Gasteiger partial charge is 0.241 e. The van der Waals surface area contributed by atoms with E-state index in [9.17, 15) is 13.2 Å². The third kappa shape index (κ3) is 6.34. The molecule has 184 valence electrons. The molecule has 0 saturated carbocycles. The van der Waals surface area contributed by atoms with Crippen LogP contribution in [0.15, 0.2) is 91.0 Å². The molecular formula is C28H32N2O3S2. The van der Waals surface area contributed by atoms with E-state index in [0.717, 1.165) is 16.7 Å². The molecule has 1 aliphatic rings. The number of sulfonamides is 1. The Morgan fingerprint density at radius 2 is 1.34 bits per heavy atom. The summed E-state index contributed by atoms with van der Waals surface area (Å²) in [7, 11) is -2.06. The van der Waals surface area contributed by atoms with Gasteiger partial charge < -0.3 is 4.90 Å². The highest BCUT2D eigenvalue weighted by molar-refractivity contribution is 7.89. The lowest BCUT2D eigenvalue weighted by atomic mass is 10.0. The second-order valence-electron chi connectivity index (χ2n) is 9.20. The number of hydrogen-bond acceptors (Lipinski definition) is 4. The minimum Gasteiger partial charge on any atom is -0.340 e. The SMILES string of the molecule is CN(Cc1ccccc1)C(=O)[C@@H]1C[C@@H](S)CN1S(=O)(=O)C(Cc1ccccc1)Cc1ccccc1. The maximum absolute atomic E-state index is 14.1. The number of rotatable bonds is 9. The van der Waals surface area contributed by atoms with Crippen LogP contribution in [0.25, 0.3) is 0 Å². The molecule has 35 heavy (non-hydrogen) atoms. The Morgan fingerprint density at radius 3 is 1.83 bits per heavy atom. The third-order valence-electron chi connectivity index (χ3n) is 6.52. The molecule has 3 aromatic carbocycles. The number of carbonyl (C=O) groups is 1. The summed E-state index contributed by atoms with van der Waals surface area (Å²) < 4.78 is 29.6. The van der Waals surface area contributed by atoms with Gasteiger partial charge >= 0.3 is 0 Å². The van der Waals surface area contributed by atoms with Crippen LogP contribution in [0.5, 0.6) is 0 Å². The van der Waals surface area contributed by atoms with Gasteiger partial charge in [0.2, 0.25) is 15.9 Å². The Bertz CT molecular complexity index is 1160. The Balaban J connectivity index is 1.60. The van der Waals surface area contributed by atoms with E-state index >= 15 is 0 Å². The fraction of sp³-hybridized carbons (Fsp3) is 0.321. The monoisotopic (exact) mass is 508 g/mol. The summed E-state index contributed by atoms with van der Waals surface area (Å²) in [6, 6.07) is 28.3. The van der Waals surface area contributed by atoms with Crippen molar-refractivity contribution in [3.8, 4) is 0 Å². The highest BCUT2D eigenvalue weighted by Crippen LogP contribution is 2.30. The molecule has 3 aromatic rings. The van der Waals surface area contributed by atoms with Crippen LogP contribution >= 0.6 is 12.6 Å². The largest absolute Gasteiger partial charge is 0.340 e.